The van der Waals surface area contributed by atoms with Crippen LogP contribution in [-0.4, -0.2) is 20.1 Å². The van der Waals surface area contributed by atoms with Crippen molar-refractivity contribution in [2.24, 2.45) is 0 Å². The molecule has 2 N–H and O–H groups in total. The van der Waals surface area contributed by atoms with Crippen LogP contribution in [-0.2, 0) is 0 Å². The standard InChI is InChI=1S/C11H11N.C5H11N/c1-12-11-8-4-6-9-5-2-3-7-10(9)11;1-2-4-6-5-3-1/h2-8,12H,1H3;6H,1-5H2. The van der Waals surface area contributed by atoms with Gasteiger partial charge in [-0.15, -0.1) is 0 Å². The van der Waals surface area contributed by atoms with E-state index in [-0.39, 0.29) is 0 Å². The van der Waals surface area contributed by atoms with E-state index >= 15 is 0 Å². The third-order valence-electron chi connectivity index (χ3n) is 3.27. The van der Waals surface area contributed by atoms with Gasteiger partial charge in [0.25, 0.3) is 0 Å². The topological polar surface area (TPSA) is 24.1 Å². The average Bonchev–Trinajstić information content (AvgIpc) is 2.49. The quantitative estimate of drug-likeness (QED) is 0.797. The highest BCUT2D eigenvalue weighted by Gasteiger charge is 1.95. The molecule has 0 amide bonds. The Morgan fingerprint density at radius 1 is 0.889 bits per heavy atom. The van der Waals surface area contributed by atoms with Crippen LogP contribution in [0.5, 0.6) is 0 Å². The zero-order valence-corrected chi connectivity index (χ0v) is 11.1. The highest BCUT2D eigenvalue weighted by atomic mass is 14.9. The fourth-order valence-electron chi connectivity index (χ4n) is 2.25. The van der Waals surface area contributed by atoms with Gasteiger partial charge in [-0.2, -0.15) is 0 Å². The van der Waals surface area contributed by atoms with Crippen molar-refractivity contribution >= 4 is 16.5 Å². The molecule has 1 heterocycles. The summed E-state index contributed by atoms with van der Waals surface area (Å²) >= 11 is 0. The minimum absolute atomic E-state index is 1.19. The molecule has 1 fully saturated rings. The average molecular weight is 242 g/mol. The van der Waals surface area contributed by atoms with Gasteiger partial charge < -0.3 is 10.6 Å². The molecule has 1 aliphatic rings. The summed E-state index contributed by atoms with van der Waals surface area (Å²) in [6.07, 6.45) is 4.22. The number of anilines is 1. The molecule has 2 nitrogen and oxygen atoms in total. The van der Waals surface area contributed by atoms with Crippen molar-refractivity contribution in [1.29, 1.82) is 0 Å². The number of fused-ring (bicyclic) bond motifs is 1. The zero-order valence-electron chi connectivity index (χ0n) is 11.1. The first-order valence-corrected chi connectivity index (χ1v) is 6.78. The lowest BCUT2D eigenvalue weighted by molar-refractivity contribution is 0.520. The highest BCUT2D eigenvalue weighted by molar-refractivity contribution is 5.93. The van der Waals surface area contributed by atoms with Gasteiger partial charge in [0.2, 0.25) is 0 Å². The number of piperidine rings is 1. The molecule has 0 aliphatic carbocycles. The normalized spacial score (nSPS) is 14.7. The third kappa shape index (κ3) is 3.47. The van der Waals surface area contributed by atoms with Gasteiger partial charge in [-0.05, 0) is 37.4 Å². The van der Waals surface area contributed by atoms with Crippen LogP contribution in [0.4, 0.5) is 5.69 Å². The summed E-state index contributed by atoms with van der Waals surface area (Å²) in [5, 5.41) is 9.02. The summed E-state index contributed by atoms with van der Waals surface area (Å²) < 4.78 is 0. The summed E-state index contributed by atoms with van der Waals surface area (Å²) in [5.74, 6) is 0. The van der Waals surface area contributed by atoms with Crippen molar-refractivity contribution in [2.45, 2.75) is 19.3 Å². The fourth-order valence-corrected chi connectivity index (χ4v) is 2.25. The van der Waals surface area contributed by atoms with Crippen LogP contribution in [0.3, 0.4) is 0 Å². The lowest BCUT2D eigenvalue weighted by atomic mass is 10.1. The number of hydrogen-bond acceptors (Lipinski definition) is 2. The van der Waals surface area contributed by atoms with Crippen molar-refractivity contribution in [3.05, 3.63) is 42.5 Å². The van der Waals surface area contributed by atoms with Crippen LogP contribution in [0.2, 0.25) is 0 Å². The Hall–Kier alpha value is -1.54. The second kappa shape index (κ2) is 7.02. The van der Waals surface area contributed by atoms with Crippen LogP contribution in [0.15, 0.2) is 42.5 Å². The van der Waals surface area contributed by atoms with Crippen molar-refractivity contribution in [1.82, 2.24) is 5.32 Å². The molecule has 2 aromatic rings. The second-order valence-electron chi connectivity index (χ2n) is 4.59. The highest BCUT2D eigenvalue weighted by Crippen LogP contribution is 2.21. The van der Waals surface area contributed by atoms with E-state index in [1.807, 2.05) is 7.05 Å². The van der Waals surface area contributed by atoms with E-state index in [9.17, 15) is 0 Å². The van der Waals surface area contributed by atoms with Crippen LogP contribution in [0.1, 0.15) is 19.3 Å². The predicted molar refractivity (Wildman–Crippen MR) is 80.2 cm³/mol. The largest absolute Gasteiger partial charge is 0.388 e. The Balaban J connectivity index is 0.000000169. The van der Waals surface area contributed by atoms with Gasteiger partial charge in [-0.3, -0.25) is 0 Å². The summed E-state index contributed by atoms with van der Waals surface area (Å²) in [4.78, 5) is 0. The first-order valence-electron chi connectivity index (χ1n) is 6.78. The third-order valence-corrected chi connectivity index (χ3v) is 3.27. The van der Waals surface area contributed by atoms with Crippen molar-refractivity contribution in [3.8, 4) is 0 Å². The molecule has 96 valence electrons. The maximum Gasteiger partial charge on any atom is 0.0417 e. The molecule has 0 bridgehead atoms. The van der Waals surface area contributed by atoms with Gasteiger partial charge in [0.15, 0.2) is 0 Å². The van der Waals surface area contributed by atoms with Gasteiger partial charge in [0, 0.05) is 18.1 Å². The van der Waals surface area contributed by atoms with Gasteiger partial charge >= 0.3 is 0 Å². The van der Waals surface area contributed by atoms with E-state index in [4.69, 9.17) is 0 Å². The molecule has 0 spiro atoms. The Kier molecular flexibility index (Phi) is 5.03. The zero-order chi connectivity index (χ0) is 12.6. The molecule has 0 saturated carbocycles. The number of hydrogen-bond donors (Lipinski definition) is 2. The molecule has 0 radical (unpaired) electrons. The van der Waals surface area contributed by atoms with Crippen molar-refractivity contribution in [2.75, 3.05) is 25.5 Å². The van der Waals surface area contributed by atoms with Crippen LogP contribution in [0.25, 0.3) is 10.8 Å². The summed E-state index contributed by atoms with van der Waals surface area (Å²) in [6.45, 7) is 2.50. The van der Waals surface area contributed by atoms with Gasteiger partial charge in [-0.25, -0.2) is 0 Å². The molecule has 0 atom stereocenters. The molecular formula is C16H22N2. The Morgan fingerprint density at radius 3 is 2.22 bits per heavy atom. The first kappa shape index (κ1) is 12.9. The molecule has 2 aromatic carbocycles. The number of rotatable bonds is 1. The molecule has 18 heavy (non-hydrogen) atoms. The predicted octanol–water partition coefficient (Wildman–Crippen LogP) is 3.64. The summed E-state index contributed by atoms with van der Waals surface area (Å²) in [5.41, 5.74) is 1.19. The van der Waals surface area contributed by atoms with Crippen LogP contribution < -0.4 is 10.6 Å². The molecule has 1 saturated heterocycles. The van der Waals surface area contributed by atoms with Gasteiger partial charge in [0.05, 0.1) is 0 Å². The van der Waals surface area contributed by atoms with Gasteiger partial charge in [0.1, 0.15) is 0 Å². The van der Waals surface area contributed by atoms with Crippen LogP contribution in [0, 0.1) is 0 Å². The molecule has 2 heteroatoms. The first-order chi connectivity index (χ1) is 8.92. The van der Waals surface area contributed by atoms with E-state index in [0.29, 0.717) is 0 Å². The smallest absolute Gasteiger partial charge is 0.0417 e. The SMILES string of the molecule is C1CCNCC1.CNc1cccc2ccccc12. The second-order valence-corrected chi connectivity index (χ2v) is 4.59. The lowest BCUT2D eigenvalue weighted by Crippen LogP contribution is -2.21. The van der Waals surface area contributed by atoms with Crippen LogP contribution >= 0.6 is 0 Å². The Morgan fingerprint density at radius 2 is 1.61 bits per heavy atom. The Labute approximate surface area is 109 Å². The van der Waals surface area contributed by atoms with Crippen molar-refractivity contribution in [3.63, 3.8) is 0 Å². The number of benzene rings is 2. The molecule has 1 aliphatic heterocycles. The van der Waals surface area contributed by atoms with E-state index in [0.717, 1.165) is 0 Å². The molecule has 3 rings (SSSR count). The minimum Gasteiger partial charge on any atom is -0.388 e. The lowest BCUT2D eigenvalue weighted by Gasteiger charge is -2.08. The minimum atomic E-state index is 1.19. The van der Waals surface area contributed by atoms with E-state index < -0.39 is 0 Å². The maximum absolute atomic E-state index is 3.28. The molecule has 0 unspecified atom stereocenters. The van der Waals surface area contributed by atoms with E-state index in [1.54, 1.807) is 0 Å². The van der Waals surface area contributed by atoms with E-state index in [2.05, 4.69) is 53.1 Å². The Bertz CT molecular complexity index is 458. The number of nitrogens with one attached hydrogen (secondary N) is 2. The fraction of sp³-hybridized carbons (Fsp3) is 0.375. The van der Waals surface area contributed by atoms with Crippen molar-refractivity contribution < 1.29 is 0 Å². The monoisotopic (exact) mass is 242 g/mol. The molecule has 0 aromatic heterocycles. The summed E-state index contributed by atoms with van der Waals surface area (Å²) in [7, 11) is 1.95. The maximum atomic E-state index is 3.28. The van der Waals surface area contributed by atoms with E-state index in [1.165, 1.54) is 48.8 Å². The molecular weight excluding hydrogens is 220 g/mol. The van der Waals surface area contributed by atoms with Gasteiger partial charge in [-0.1, -0.05) is 42.8 Å². The summed E-state index contributed by atoms with van der Waals surface area (Å²) in [6, 6.07) is 14.6.